The number of nitrogens with zero attached hydrogens (tertiary/aromatic N) is 1. The van der Waals surface area contributed by atoms with Crippen molar-refractivity contribution >= 4 is 27.6 Å². The van der Waals surface area contributed by atoms with Gasteiger partial charge < -0.3 is 19.8 Å². The van der Waals surface area contributed by atoms with Crippen LogP contribution in [0.15, 0.2) is 41.4 Å². The molecule has 0 radical (unpaired) electrons. The summed E-state index contributed by atoms with van der Waals surface area (Å²) in [5.74, 6) is -1.06. The van der Waals surface area contributed by atoms with Gasteiger partial charge in [-0.3, -0.25) is 4.79 Å². The number of aromatic nitrogens is 1. The molecule has 0 bridgehead atoms. The molecule has 1 aromatic heterocycles. The van der Waals surface area contributed by atoms with Gasteiger partial charge in [-0.25, -0.2) is 13.2 Å². The number of ether oxygens (including phenoxy) is 2. The molecule has 0 aliphatic heterocycles. The molecule has 0 unspecified atom stereocenters. The van der Waals surface area contributed by atoms with Gasteiger partial charge in [-0.2, -0.15) is 4.31 Å². The summed E-state index contributed by atoms with van der Waals surface area (Å²) in [5, 5.41) is 2.53. The van der Waals surface area contributed by atoms with E-state index in [-0.39, 0.29) is 22.0 Å². The van der Waals surface area contributed by atoms with Crippen LogP contribution in [0.2, 0.25) is 0 Å². The molecule has 0 fully saturated rings. The Balaban J connectivity index is 2.17. The third-order valence-corrected chi connectivity index (χ3v) is 6.07. The first kappa shape index (κ1) is 22.4. The van der Waals surface area contributed by atoms with Crippen LogP contribution in [0.5, 0.6) is 5.75 Å². The van der Waals surface area contributed by atoms with Crippen LogP contribution in [0.3, 0.4) is 0 Å². The molecule has 0 aliphatic carbocycles. The number of nitrogens with one attached hydrogen (secondary N) is 2. The summed E-state index contributed by atoms with van der Waals surface area (Å²) < 4.78 is 37.5. The summed E-state index contributed by atoms with van der Waals surface area (Å²) in [7, 11) is -3.80. The summed E-state index contributed by atoms with van der Waals surface area (Å²) in [5.41, 5.74) is 0.478. The molecular weight excluding hydrogens is 398 g/mol. The van der Waals surface area contributed by atoms with Crippen LogP contribution < -0.4 is 10.1 Å². The standard InChI is InChI=1S/C19H25N3O6S/c1-4-22(5-2)29(25,26)17-12-14(9-10-16(17)27-6-3)21-18(23)13-28-19(24)15-8-7-11-20-15/h7-12,20H,4-6,13H2,1-3H3,(H,21,23). The highest BCUT2D eigenvalue weighted by Crippen LogP contribution is 2.30. The van der Waals surface area contributed by atoms with Crippen molar-refractivity contribution < 1.29 is 27.5 Å². The molecule has 0 saturated heterocycles. The molecule has 9 nitrogen and oxygen atoms in total. The molecule has 2 rings (SSSR count). The van der Waals surface area contributed by atoms with E-state index in [1.165, 1.54) is 28.6 Å². The normalized spacial score (nSPS) is 11.3. The molecule has 1 heterocycles. The maximum Gasteiger partial charge on any atom is 0.355 e. The minimum atomic E-state index is -3.80. The number of anilines is 1. The van der Waals surface area contributed by atoms with Crippen molar-refractivity contribution in [2.75, 3.05) is 31.6 Å². The van der Waals surface area contributed by atoms with E-state index < -0.39 is 28.5 Å². The van der Waals surface area contributed by atoms with E-state index >= 15 is 0 Å². The highest BCUT2D eigenvalue weighted by atomic mass is 32.2. The van der Waals surface area contributed by atoms with E-state index in [2.05, 4.69) is 10.3 Å². The Morgan fingerprint density at radius 2 is 1.86 bits per heavy atom. The van der Waals surface area contributed by atoms with Gasteiger partial charge in [0.1, 0.15) is 16.3 Å². The molecule has 0 saturated carbocycles. The van der Waals surface area contributed by atoms with E-state index in [1.54, 1.807) is 33.0 Å². The lowest BCUT2D eigenvalue weighted by Crippen LogP contribution is -2.31. The van der Waals surface area contributed by atoms with E-state index in [0.717, 1.165) is 0 Å². The topological polar surface area (TPSA) is 118 Å². The van der Waals surface area contributed by atoms with Gasteiger partial charge in [0.2, 0.25) is 10.0 Å². The van der Waals surface area contributed by atoms with Gasteiger partial charge in [0, 0.05) is 25.0 Å². The van der Waals surface area contributed by atoms with Crippen molar-refractivity contribution in [3.05, 3.63) is 42.2 Å². The summed E-state index contributed by atoms with van der Waals surface area (Å²) in [6.07, 6.45) is 1.56. The molecule has 2 N–H and O–H groups in total. The summed E-state index contributed by atoms with van der Waals surface area (Å²) >= 11 is 0. The van der Waals surface area contributed by atoms with E-state index in [1.807, 2.05) is 0 Å². The quantitative estimate of drug-likeness (QED) is 0.566. The lowest BCUT2D eigenvalue weighted by atomic mass is 10.3. The number of carbonyl (C=O) groups is 2. The molecular formula is C19H25N3O6S. The van der Waals surface area contributed by atoms with Crippen LogP contribution in [-0.2, 0) is 19.6 Å². The molecule has 0 atom stereocenters. The number of rotatable bonds is 10. The van der Waals surface area contributed by atoms with Gasteiger partial charge in [0.15, 0.2) is 6.61 Å². The minimum Gasteiger partial charge on any atom is -0.492 e. The molecule has 1 aromatic carbocycles. The van der Waals surface area contributed by atoms with Gasteiger partial charge >= 0.3 is 5.97 Å². The van der Waals surface area contributed by atoms with Crippen molar-refractivity contribution in [3.8, 4) is 5.75 Å². The molecule has 10 heteroatoms. The van der Waals surface area contributed by atoms with E-state index in [9.17, 15) is 18.0 Å². The number of sulfonamides is 1. The van der Waals surface area contributed by atoms with Gasteiger partial charge in [-0.15, -0.1) is 0 Å². The highest BCUT2D eigenvalue weighted by Gasteiger charge is 2.26. The number of hydrogen-bond acceptors (Lipinski definition) is 6. The predicted molar refractivity (Wildman–Crippen MR) is 107 cm³/mol. The molecule has 158 valence electrons. The average Bonchev–Trinajstić information content (AvgIpc) is 3.23. The van der Waals surface area contributed by atoms with Crippen molar-refractivity contribution in [1.82, 2.24) is 9.29 Å². The SMILES string of the molecule is CCOc1ccc(NC(=O)COC(=O)c2ccc[nH]2)cc1S(=O)(=O)N(CC)CC. The van der Waals surface area contributed by atoms with Crippen molar-refractivity contribution in [2.45, 2.75) is 25.7 Å². The number of carbonyl (C=O) groups excluding carboxylic acids is 2. The number of benzene rings is 1. The Bertz CT molecular complexity index is 937. The van der Waals surface area contributed by atoms with Gasteiger partial charge in [0.25, 0.3) is 5.91 Å². The van der Waals surface area contributed by atoms with Crippen LogP contribution in [-0.4, -0.2) is 55.9 Å². The lowest BCUT2D eigenvalue weighted by Gasteiger charge is -2.21. The van der Waals surface area contributed by atoms with Crippen molar-refractivity contribution in [3.63, 3.8) is 0 Å². The summed E-state index contributed by atoms with van der Waals surface area (Å²) in [6, 6.07) is 7.51. The van der Waals surface area contributed by atoms with Crippen LogP contribution in [0.4, 0.5) is 5.69 Å². The monoisotopic (exact) mass is 423 g/mol. The second kappa shape index (κ2) is 10.1. The lowest BCUT2D eigenvalue weighted by molar-refractivity contribution is -0.119. The Morgan fingerprint density at radius 1 is 1.14 bits per heavy atom. The zero-order valence-electron chi connectivity index (χ0n) is 16.6. The highest BCUT2D eigenvalue weighted by molar-refractivity contribution is 7.89. The average molecular weight is 423 g/mol. The summed E-state index contributed by atoms with van der Waals surface area (Å²) in [4.78, 5) is 26.5. The number of esters is 1. The van der Waals surface area contributed by atoms with Crippen molar-refractivity contribution in [2.24, 2.45) is 0 Å². The third-order valence-electron chi connectivity index (χ3n) is 4.00. The predicted octanol–water partition coefficient (Wildman–Crippen LogP) is 2.24. The Kier molecular flexibility index (Phi) is 7.80. The van der Waals surface area contributed by atoms with Crippen LogP contribution in [0.25, 0.3) is 0 Å². The largest absolute Gasteiger partial charge is 0.492 e. The second-order valence-corrected chi connectivity index (χ2v) is 7.80. The summed E-state index contributed by atoms with van der Waals surface area (Å²) in [6.45, 7) is 5.62. The number of aromatic amines is 1. The first-order chi connectivity index (χ1) is 13.8. The van der Waals surface area contributed by atoms with Gasteiger partial charge in [-0.1, -0.05) is 13.8 Å². The number of hydrogen-bond donors (Lipinski definition) is 2. The van der Waals surface area contributed by atoms with Gasteiger partial charge in [0.05, 0.1) is 6.61 Å². The zero-order valence-corrected chi connectivity index (χ0v) is 17.4. The molecule has 0 aliphatic rings. The molecule has 2 aromatic rings. The van der Waals surface area contributed by atoms with Crippen LogP contribution in [0, 0.1) is 0 Å². The maximum absolute atomic E-state index is 12.9. The second-order valence-electron chi connectivity index (χ2n) is 5.89. The minimum absolute atomic E-state index is 0.0377. The Morgan fingerprint density at radius 3 is 2.45 bits per heavy atom. The van der Waals surface area contributed by atoms with Crippen LogP contribution >= 0.6 is 0 Å². The van der Waals surface area contributed by atoms with E-state index in [4.69, 9.17) is 9.47 Å². The Hall–Kier alpha value is -2.85. The van der Waals surface area contributed by atoms with Crippen molar-refractivity contribution in [1.29, 1.82) is 0 Å². The fraction of sp³-hybridized carbons (Fsp3) is 0.368. The number of H-pyrrole nitrogens is 1. The first-order valence-electron chi connectivity index (χ1n) is 9.20. The zero-order chi connectivity index (χ0) is 21.4. The third kappa shape index (κ3) is 5.58. The van der Waals surface area contributed by atoms with Gasteiger partial charge in [-0.05, 0) is 37.3 Å². The Labute approximate surface area is 170 Å². The molecule has 0 spiro atoms. The maximum atomic E-state index is 12.9. The molecule has 29 heavy (non-hydrogen) atoms. The van der Waals surface area contributed by atoms with Crippen LogP contribution in [0.1, 0.15) is 31.3 Å². The first-order valence-corrected chi connectivity index (χ1v) is 10.6. The fourth-order valence-corrected chi connectivity index (χ4v) is 4.24. The molecule has 1 amide bonds. The van der Waals surface area contributed by atoms with E-state index in [0.29, 0.717) is 19.7 Å². The number of amides is 1. The smallest absolute Gasteiger partial charge is 0.355 e. The fourth-order valence-electron chi connectivity index (χ4n) is 2.63.